The zero-order chi connectivity index (χ0) is 26.9. The smallest absolute Gasteiger partial charge is 0.250 e. The van der Waals surface area contributed by atoms with E-state index in [1.807, 2.05) is 109 Å². The van der Waals surface area contributed by atoms with Crippen molar-refractivity contribution in [3.8, 4) is 34.0 Å². The second-order valence-electron chi connectivity index (χ2n) is 8.50. The molecule has 1 heterocycles. The first-order valence-corrected chi connectivity index (χ1v) is 13.5. The predicted octanol–water partition coefficient (Wildman–Crippen LogP) is 6.24. The van der Waals surface area contributed by atoms with Crippen molar-refractivity contribution < 1.29 is 9.53 Å². The van der Waals surface area contributed by atoms with Crippen LogP contribution in [0.25, 0.3) is 28.2 Å². The summed E-state index contributed by atoms with van der Waals surface area (Å²) in [6.45, 7) is 2.55. The normalized spacial score (nSPS) is 11.0. The highest BCUT2D eigenvalue weighted by molar-refractivity contribution is 7.99. The topological polar surface area (TPSA) is 81.4 Å². The third-order valence-corrected chi connectivity index (χ3v) is 6.75. The number of amides is 1. The molecule has 0 atom stereocenters. The molecular weight excluding hydrogens is 506 g/mol. The van der Waals surface area contributed by atoms with Gasteiger partial charge in [0.25, 0.3) is 5.91 Å². The van der Waals surface area contributed by atoms with E-state index >= 15 is 0 Å². The third kappa shape index (κ3) is 6.61. The lowest BCUT2D eigenvalue weighted by molar-refractivity contribution is -0.118. The van der Waals surface area contributed by atoms with Crippen LogP contribution in [0.15, 0.2) is 119 Å². The molecule has 0 aliphatic rings. The van der Waals surface area contributed by atoms with E-state index in [9.17, 15) is 4.79 Å². The van der Waals surface area contributed by atoms with Gasteiger partial charge in [-0.3, -0.25) is 9.36 Å². The first kappa shape index (κ1) is 25.9. The van der Waals surface area contributed by atoms with Crippen molar-refractivity contribution in [1.82, 2.24) is 20.2 Å². The number of thioether (sulfide) groups is 1. The molecule has 0 bridgehead atoms. The summed E-state index contributed by atoms with van der Waals surface area (Å²) in [4.78, 5) is 12.6. The maximum Gasteiger partial charge on any atom is 0.250 e. The number of hydrogen-bond acceptors (Lipinski definition) is 6. The molecule has 194 valence electrons. The third-order valence-electron chi connectivity index (χ3n) is 5.82. The van der Waals surface area contributed by atoms with Gasteiger partial charge in [0.05, 0.1) is 18.6 Å². The number of nitrogens with one attached hydrogen (secondary N) is 1. The summed E-state index contributed by atoms with van der Waals surface area (Å²) in [5, 5.41) is 13.5. The second-order valence-corrected chi connectivity index (χ2v) is 9.45. The summed E-state index contributed by atoms with van der Waals surface area (Å²) in [6, 6.07) is 35.8. The van der Waals surface area contributed by atoms with Gasteiger partial charge in [-0.05, 0) is 47.9 Å². The Morgan fingerprint density at radius 2 is 1.49 bits per heavy atom. The SMILES string of the molecule is CCOc1ccc(-n2c(SCC(=O)N/N=C/c3ccc(-c4ccccc4)cc3)nnc2-c2ccccc2)cc1. The average molecular weight is 534 g/mol. The van der Waals surface area contributed by atoms with Crippen LogP contribution in [0.1, 0.15) is 12.5 Å². The van der Waals surface area contributed by atoms with Crippen molar-refractivity contribution in [2.24, 2.45) is 5.10 Å². The van der Waals surface area contributed by atoms with E-state index in [0.717, 1.165) is 33.7 Å². The highest BCUT2D eigenvalue weighted by Crippen LogP contribution is 2.29. The zero-order valence-corrected chi connectivity index (χ0v) is 22.2. The lowest BCUT2D eigenvalue weighted by Gasteiger charge is -2.11. The highest BCUT2D eigenvalue weighted by Gasteiger charge is 2.17. The zero-order valence-electron chi connectivity index (χ0n) is 21.4. The van der Waals surface area contributed by atoms with Crippen molar-refractivity contribution in [1.29, 1.82) is 0 Å². The molecule has 0 fully saturated rings. The van der Waals surface area contributed by atoms with Gasteiger partial charge in [-0.1, -0.05) is 96.7 Å². The second kappa shape index (κ2) is 12.7. The summed E-state index contributed by atoms with van der Waals surface area (Å²) in [7, 11) is 0. The minimum Gasteiger partial charge on any atom is -0.494 e. The van der Waals surface area contributed by atoms with Crippen LogP contribution < -0.4 is 10.2 Å². The predicted molar refractivity (Wildman–Crippen MR) is 156 cm³/mol. The standard InChI is InChI=1S/C31H27N5O2S/c1-2-38-28-19-17-27(18-20-28)36-30(26-11-7-4-8-12-26)34-35-31(36)39-22-29(37)33-32-21-23-13-15-25(16-14-23)24-9-5-3-6-10-24/h3-21H,2,22H2,1H3,(H,33,37)/b32-21+. The van der Waals surface area contributed by atoms with Crippen molar-refractivity contribution >= 4 is 23.9 Å². The first-order chi connectivity index (χ1) is 19.2. The molecule has 39 heavy (non-hydrogen) atoms. The molecule has 0 radical (unpaired) electrons. The van der Waals surface area contributed by atoms with Crippen molar-refractivity contribution in [3.05, 3.63) is 115 Å². The number of nitrogens with zero attached hydrogens (tertiary/aromatic N) is 4. The van der Waals surface area contributed by atoms with E-state index in [1.54, 1.807) is 6.21 Å². The molecule has 1 amide bonds. The molecular formula is C31H27N5O2S. The monoisotopic (exact) mass is 533 g/mol. The van der Waals surface area contributed by atoms with E-state index in [1.165, 1.54) is 11.8 Å². The van der Waals surface area contributed by atoms with Gasteiger partial charge in [-0.15, -0.1) is 10.2 Å². The molecule has 0 saturated heterocycles. The Hall–Kier alpha value is -4.69. The Morgan fingerprint density at radius 1 is 0.846 bits per heavy atom. The molecule has 0 aliphatic heterocycles. The molecule has 1 aromatic heterocycles. The molecule has 0 aliphatic carbocycles. The fourth-order valence-corrected chi connectivity index (χ4v) is 4.71. The average Bonchev–Trinajstić information content (AvgIpc) is 3.42. The summed E-state index contributed by atoms with van der Waals surface area (Å²) in [5.41, 5.74) is 7.58. The van der Waals surface area contributed by atoms with E-state index in [-0.39, 0.29) is 11.7 Å². The molecule has 0 unspecified atom stereocenters. The van der Waals surface area contributed by atoms with Crippen LogP contribution in [-0.4, -0.2) is 39.2 Å². The number of hydrogen-bond donors (Lipinski definition) is 1. The number of benzene rings is 4. The van der Waals surface area contributed by atoms with Crippen LogP contribution in [-0.2, 0) is 4.79 Å². The van der Waals surface area contributed by atoms with Gasteiger partial charge in [0.1, 0.15) is 5.75 Å². The molecule has 8 heteroatoms. The quantitative estimate of drug-likeness (QED) is 0.131. The van der Waals surface area contributed by atoms with Gasteiger partial charge in [0.15, 0.2) is 11.0 Å². The minimum atomic E-state index is -0.236. The van der Waals surface area contributed by atoms with Crippen molar-refractivity contribution in [2.45, 2.75) is 12.1 Å². The summed E-state index contributed by atoms with van der Waals surface area (Å²) in [6.07, 6.45) is 1.63. The molecule has 5 rings (SSSR count). The number of rotatable bonds is 10. The first-order valence-electron chi connectivity index (χ1n) is 12.6. The lowest BCUT2D eigenvalue weighted by atomic mass is 10.0. The number of ether oxygens (including phenoxy) is 1. The van der Waals surface area contributed by atoms with Crippen LogP contribution in [0.3, 0.4) is 0 Å². The molecule has 5 aromatic rings. The van der Waals surface area contributed by atoms with Gasteiger partial charge in [-0.2, -0.15) is 5.10 Å². The van der Waals surface area contributed by atoms with Crippen LogP contribution in [0.5, 0.6) is 5.75 Å². The van der Waals surface area contributed by atoms with Gasteiger partial charge >= 0.3 is 0 Å². The van der Waals surface area contributed by atoms with Crippen molar-refractivity contribution in [3.63, 3.8) is 0 Å². The molecule has 0 saturated carbocycles. The van der Waals surface area contributed by atoms with Gasteiger partial charge in [0.2, 0.25) is 0 Å². The fraction of sp³-hybridized carbons (Fsp3) is 0.0968. The van der Waals surface area contributed by atoms with Gasteiger partial charge < -0.3 is 4.74 Å². The van der Waals surface area contributed by atoms with E-state index in [2.05, 4.69) is 32.9 Å². The summed E-state index contributed by atoms with van der Waals surface area (Å²) >= 11 is 1.30. The number of carbonyl (C=O) groups is 1. The Labute approximate surface area is 231 Å². The van der Waals surface area contributed by atoms with E-state index in [4.69, 9.17) is 4.74 Å². The summed E-state index contributed by atoms with van der Waals surface area (Å²) < 4.78 is 7.53. The molecule has 7 nitrogen and oxygen atoms in total. The Kier molecular flexibility index (Phi) is 8.45. The minimum absolute atomic E-state index is 0.133. The molecule has 0 spiro atoms. The Morgan fingerprint density at radius 3 is 2.15 bits per heavy atom. The number of aromatic nitrogens is 3. The van der Waals surface area contributed by atoms with E-state index in [0.29, 0.717) is 17.6 Å². The fourth-order valence-electron chi connectivity index (χ4n) is 3.96. The Balaban J connectivity index is 1.25. The lowest BCUT2D eigenvalue weighted by Crippen LogP contribution is -2.20. The summed E-state index contributed by atoms with van der Waals surface area (Å²) in [5.74, 6) is 1.38. The maximum absolute atomic E-state index is 12.6. The Bertz CT molecular complexity index is 1530. The van der Waals surface area contributed by atoms with Crippen LogP contribution in [0.4, 0.5) is 0 Å². The van der Waals surface area contributed by atoms with Crippen LogP contribution in [0.2, 0.25) is 0 Å². The largest absolute Gasteiger partial charge is 0.494 e. The van der Waals surface area contributed by atoms with Crippen LogP contribution >= 0.6 is 11.8 Å². The molecule has 1 N–H and O–H groups in total. The van der Waals surface area contributed by atoms with Gasteiger partial charge in [0, 0.05) is 11.3 Å². The maximum atomic E-state index is 12.6. The highest BCUT2D eigenvalue weighted by atomic mass is 32.2. The number of hydrazone groups is 1. The number of carbonyl (C=O) groups excluding carboxylic acids is 1. The van der Waals surface area contributed by atoms with Crippen molar-refractivity contribution in [2.75, 3.05) is 12.4 Å². The molecule has 4 aromatic carbocycles. The van der Waals surface area contributed by atoms with E-state index < -0.39 is 0 Å². The van der Waals surface area contributed by atoms with Crippen LogP contribution in [0, 0.1) is 0 Å². The van der Waals surface area contributed by atoms with Gasteiger partial charge in [-0.25, -0.2) is 5.43 Å².